The summed E-state index contributed by atoms with van der Waals surface area (Å²) in [5.74, 6) is 0.728. The van der Waals surface area contributed by atoms with Crippen LogP contribution >= 0.6 is 0 Å². The Morgan fingerprint density at radius 1 is 0.857 bits per heavy atom. The number of hydrogen-bond donors (Lipinski definition) is 0. The summed E-state index contributed by atoms with van der Waals surface area (Å²) in [6, 6.07) is 8.17. The van der Waals surface area contributed by atoms with Gasteiger partial charge in [-0.3, -0.25) is 9.97 Å². The monoisotopic (exact) mass is 482 g/mol. The quantitative estimate of drug-likeness (QED) is 0.378. The number of halogens is 3. The Labute approximate surface area is 200 Å². The SMILES string of the molecule is Cc1ccccn1.Cc1nc2nc(C3CCOCC3)nc(-c3ccc(C(F)(F)F)nc3)c2nc1C. The predicted octanol–water partition coefficient (Wildman–Crippen LogP) is 5.40. The molecule has 0 aromatic carbocycles. The topological polar surface area (TPSA) is 86.6 Å². The third-order valence-corrected chi connectivity index (χ3v) is 5.69. The third-order valence-electron chi connectivity index (χ3n) is 5.69. The van der Waals surface area contributed by atoms with E-state index in [4.69, 9.17) is 4.74 Å². The van der Waals surface area contributed by atoms with Gasteiger partial charge in [-0.15, -0.1) is 0 Å². The zero-order chi connectivity index (χ0) is 25.0. The minimum absolute atomic E-state index is 0.114. The maximum atomic E-state index is 12.9. The molecule has 0 bridgehead atoms. The molecule has 0 saturated carbocycles. The predicted molar refractivity (Wildman–Crippen MR) is 125 cm³/mol. The normalized spacial score (nSPS) is 14.5. The number of aromatic nitrogens is 6. The highest BCUT2D eigenvalue weighted by atomic mass is 19.4. The highest BCUT2D eigenvalue weighted by Crippen LogP contribution is 2.32. The van der Waals surface area contributed by atoms with Crippen molar-refractivity contribution in [2.24, 2.45) is 0 Å². The molecule has 1 aliphatic heterocycles. The lowest BCUT2D eigenvalue weighted by Crippen LogP contribution is -2.17. The van der Waals surface area contributed by atoms with E-state index in [1.807, 2.05) is 39.0 Å². The molecule has 5 rings (SSSR count). The van der Waals surface area contributed by atoms with Crippen LogP contribution in [0.4, 0.5) is 13.2 Å². The maximum absolute atomic E-state index is 12.9. The van der Waals surface area contributed by atoms with Gasteiger partial charge in [0.2, 0.25) is 0 Å². The second kappa shape index (κ2) is 10.4. The Morgan fingerprint density at radius 2 is 1.60 bits per heavy atom. The van der Waals surface area contributed by atoms with Gasteiger partial charge in [0.15, 0.2) is 5.65 Å². The Morgan fingerprint density at radius 3 is 2.17 bits per heavy atom. The van der Waals surface area contributed by atoms with Gasteiger partial charge in [0, 0.05) is 42.8 Å². The van der Waals surface area contributed by atoms with Crippen molar-refractivity contribution in [1.29, 1.82) is 0 Å². The van der Waals surface area contributed by atoms with Crippen molar-refractivity contribution in [1.82, 2.24) is 29.9 Å². The second-order valence-corrected chi connectivity index (χ2v) is 8.28. The number of ether oxygens (including phenoxy) is 1. The average Bonchev–Trinajstić information content (AvgIpc) is 2.85. The van der Waals surface area contributed by atoms with Crippen LogP contribution in [0.2, 0.25) is 0 Å². The van der Waals surface area contributed by atoms with Crippen molar-refractivity contribution in [3.8, 4) is 11.3 Å². The lowest BCUT2D eigenvalue weighted by Gasteiger charge is -2.21. The molecule has 1 aliphatic rings. The van der Waals surface area contributed by atoms with Crippen LogP contribution in [0.3, 0.4) is 0 Å². The van der Waals surface area contributed by atoms with Crippen molar-refractivity contribution in [3.05, 3.63) is 71.3 Å². The molecule has 1 fully saturated rings. The fraction of sp³-hybridized carbons (Fsp3) is 0.360. The fourth-order valence-corrected chi connectivity index (χ4v) is 3.62. The van der Waals surface area contributed by atoms with E-state index in [-0.39, 0.29) is 5.92 Å². The lowest BCUT2D eigenvalue weighted by molar-refractivity contribution is -0.141. The molecule has 0 atom stereocenters. The van der Waals surface area contributed by atoms with Crippen LogP contribution in [0.1, 0.15) is 47.4 Å². The van der Waals surface area contributed by atoms with Gasteiger partial charge >= 0.3 is 6.18 Å². The minimum Gasteiger partial charge on any atom is -0.381 e. The molecular formula is C25H25F3N6O. The zero-order valence-corrected chi connectivity index (χ0v) is 19.7. The van der Waals surface area contributed by atoms with Crippen molar-refractivity contribution in [2.45, 2.75) is 45.7 Å². The number of rotatable bonds is 2. The summed E-state index contributed by atoms with van der Waals surface area (Å²) >= 11 is 0. The van der Waals surface area contributed by atoms with Crippen molar-refractivity contribution in [3.63, 3.8) is 0 Å². The van der Waals surface area contributed by atoms with Crippen LogP contribution in [0.5, 0.6) is 0 Å². The van der Waals surface area contributed by atoms with E-state index in [1.165, 1.54) is 12.3 Å². The second-order valence-electron chi connectivity index (χ2n) is 8.28. The summed E-state index contributed by atoms with van der Waals surface area (Å²) < 4.78 is 44.0. The molecule has 1 saturated heterocycles. The third kappa shape index (κ3) is 5.94. The van der Waals surface area contributed by atoms with Crippen LogP contribution < -0.4 is 0 Å². The molecule has 10 heteroatoms. The molecule has 35 heavy (non-hydrogen) atoms. The van der Waals surface area contributed by atoms with Gasteiger partial charge in [-0.25, -0.2) is 19.9 Å². The van der Waals surface area contributed by atoms with E-state index < -0.39 is 11.9 Å². The van der Waals surface area contributed by atoms with Crippen molar-refractivity contribution in [2.75, 3.05) is 13.2 Å². The van der Waals surface area contributed by atoms with Crippen molar-refractivity contribution >= 4 is 11.2 Å². The van der Waals surface area contributed by atoms with E-state index in [1.54, 1.807) is 6.20 Å². The van der Waals surface area contributed by atoms with Gasteiger partial charge in [0.1, 0.15) is 22.7 Å². The molecule has 7 nitrogen and oxygen atoms in total. The number of pyridine rings is 2. The van der Waals surface area contributed by atoms with E-state index in [9.17, 15) is 13.2 Å². The van der Waals surface area contributed by atoms with Crippen LogP contribution in [-0.2, 0) is 10.9 Å². The first kappa shape index (κ1) is 24.6. The Bertz CT molecular complexity index is 1290. The molecule has 0 N–H and O–H groups in total. The molecular weight excluding hydrogens is 457 g/mol. The first-order valence-electron chi connectivity index (χ1n) is 11.2. The number of hydrogen-bond acceptors (Lipinski definition) is 7. The smallest absolute Gasteiger partial charge is 0.381 e. The Hall–Kier alpha value is -3.53. The van der Waals surface area contributed by atoms with Crippen LogP contribution in [0.15, 0.2) is 42.7 Å². The molecule has 0 radical (unpaired) electrons. The van der Waals surface area contributed by atoms with E-state index in [2.05, 4.69) is 29.9 Å². The summed E-state index contributed by atoms with van der Waals surface area (Å²) in [6.07, 6.45) is 0.0422. The number of fused-ring (bicyclic) bond motifs is 1. The summed E-state index contributed by atoms with van der Waals surface area (Å²) in [5.41, 5.74) is 3.39. The minimum atomic E-state index is -4.49. The van der Waals surface area contributed by atoms with Gasteiger partial charge in [0.25, 0.3) is 0 Å². The van der Waals surface area contributed by atoms with Crippen LogP contribution in [0, 0.1) is 20.8 Å². The van der Waals surface area contributed by atoms with E-state index >= 15 is 0 Å². The van der Waals surface area contributed by atoms with E-state index in [0.717, 1.165) is 36.0 Å². The molecule has 0 amide bonds. The summed E-state index contributed by atoms with van der Waals surface area (Å²) in [4.78, 5) is 25.9. The Kier molecular flexibility index (Phi) is 7.30. The molecule has 0 unspecified atom stereocenters. The molecule has 4 aromatic heterocycles. The van der Waals surface area contributed by atoms with Crippen LogP contribution in [0.25, 0.3) is 22.4 Å². The largest absolute Gasteiger partial charge is 0.433 e. The average molecular weight is 483 g/mol. The number of aryl methyl sites for hydroxylation is 3. The highest BCUT2D eigenvalue weighted by molar-refractivity contribution is 5.86. The number of nitrogens with zero attached hydrogens (tertiary/aromatic N) is 6. The molecule has 0 spiro atoms. The van der Waals surface area contributed by atoms with Gasteiger partial charge < -0.3 is 4.74 Å². The van der Waals surface area contributed by atoms with Crippen molar-refractivity contribution < 1.29 is 17.9 Å². The molecule has 182 valence electrons. The van der Waals surface area contributed by atoms with Gasteiger partial charge in [-0.05, 0) is 57.9 Å². The summed E-state index contributed by atoms with van der Waals surface area (Å²) in [7, 11) is 0. The molecule has 4 aromatic rings. The van der Waals surface area contributed by atoms with E-state index in [0.29, 0.717) is 41.5 Å². The standard InChI is InChI=1S/C19H18F3N5O.C6H7N/c1-10-11(2)25-18-16(24-10)15(13-3-4-14(23-9-13)19(20,21)22)26-17(27-18)12-5-7-28-8-6-12;1-6-4-2-3-5-7-6/h3-4,9,12H,5-8H2,1-2H3;2-5H,1H3. The number of alkyl halides is 3. The Balaban J connectivity index is 0.000000356. The summed E-state index contributed by atoms with van der Waals surface area (Å²) in [6.45, 7) is 6.89. The van der Waals surface area contributed by atoms with Gasteiger partial charge in [-0.2, -0.15) is 13.2 Å². The van der Waals surface area contributed by atoms with Gasteiger partial charge in [0.05, 0.1) is 11.4 Å². The fourth-order valence-electron chi connectivity index (χ4n) is 3.62. The molecule has 5 heterocycles. The highest BCUT2D eigenvalue weighted by Gasteiger charge is 2.32. The molecule has 0 aliphatic carbocycles. The first-order chi connectivity index (χ1) is 16.7. The summed E-state index contributed by atoms with van der Waals surface area (Å²) in [5, 5.41) is 0. The van der Waals surface area contributed by atoms with Crippen LogP contribution in [-0.4, -0.2) is 43.1 Å². The zero-order valence-electron chi connectivity index (χ0n) is 19.7. The van der Waals surface area contributed by atoms with Gasteiger partial charge in [-0.1, -0.05) is 6.07 Å². The first-order valence-corrected chi connectivity index (χ1v) is 11.2. The lowest BCUT2D eigenvalue weighted by atomic mass is 9.99. The maximum Gasteiger partial charge on any atom is 0.433 e.